The number of carbonyl (C=O) groups excluding carboxylic acids is 3. The maximum Gasteiger partial charge on any atom is 0.279 e. The average molecular weight is 394 g/mol. The van der Waals surface area contributed by atoms with Crippen LogP contribution in [-0.2, 0) is 4.79 Å². The molecule has 0 aliphatic carbocycles. The zero-order valence-electron chi connectivity index (χ0n) is 14.4. The minimum atomic E-state index is -0.776. The van der Waals surface area contributed by atoms with Crippen molar-refractivity contribution in [1.29, 1.82) is 0 Å². The van der Waals surface area contributed by atoms with E-state index in [0.717, 1.165) is 0 Å². The fourth-order valence-electron chi connectivity index (χ4n) is 2.22. The van der Waals surface area contributed by atoms with Crippen molar-refractivity contribution >= 4 is 40.7 Å². The van der Waals surface area contributed by atoms with E-state index in [1.54, 1.807) is 41.8 Å². The molecule has 138 valence electrons. The molecule has 0 fully saturated rings. The lowest BCUT2D eigenvalue weighted by atomic mass is 10.0. The number of benzene rings is 1. The molecule has 0 unspecified atom stereocenters. The van der Waals surface area contributed by atoms with Crippen molar-refractivity contribution in [2.45, 2.75) is 26.3 Å². The summed E-state index contributed by atoms with van der Waals surface area (Å²) in [5.41, 5.74) is 5.14. The molecule has 0 saturated carbocycles. The highest BCUT2D eigenvalue weighted by Gasteiger charge is 2.23. The molecule has 2 rings (SSSR count). The highest BCUT2D eigenvalue weighted by molar-refractivity contribution is 7.12. The Kier molecular flexibility index (Phi) is 7.17. The first-order chi connectivity index (χ1) is 12.4. The molecular weight excluding hydrogens is 374 g/mol. The summed E-state index contributed by atoms with van der Waals surface area (Å²) in [6.07, 6.45) is 0.431. The SMILES string of the molecule is CC(C)C[C@@H](NC(=O)c1ccc(Cl)cc1)C(=O)NNC(=O)c1cccs1. The van der Waals surface area contributed by atoms with Gasteiger partial charge in [0.15, 0.2) is 0 Å². The van der Waals surface area contributed by atoms with Gasteiger partial charge in [0, 0.05) is 10.6 Å². The molecule has 1 aromatic heterocycles. The molecule has 2 aromatic rings. The van der Waals surface area contributed by atoms with Crippen LogP contribution in [0.1, 0.15) is 40.3 Å². The Bertz CT molecular complexity index is 760. The van der Waals surface area contributed by atoms with E-state index in [0.29, 0.717) is 21.9 Å². The molecule has 1 atom stereocenters. The standard InChI is InChI=1S/C18H20ClN3O3S/c1-11(2)10-14(20-16(23)12-5-7-13(19)8-6-12)17(24)21-22-18(25)15-4-3-9-26-15/h3-9,11,14H,10H2,1-2H3,(H,20,23)(H,21,24)(H,22,25)/t14-/m1/s1. The molecule has 3 amide bonds. The minimum absolute atomic E-state index is 0.171. The molecule has 6 nitrogen and oxygen atoms in total. The third-order valence-electron chi connectivity index (χ3n) is 3.48. The Labute approximate surface area is 160 Å². The Hall–Kier alpha value is -2.38. The van der Waals surface area contributed by atoms with Crippen molar-refractivity contribution in [3.63, 3.8) is 0 Å². The Morgan fingerprint density at radius 3 is 2.31 bits per heavy atom. The van der Waals surface area contributed by atoms with Gasteiger partial charge >= 0.3 is 0 Å². The third kappa shape index (κ3) is 5.86. The second kappa shape index (κ2) is 9.35. The van der Waals surface area contributed by atoms with Crippen LogP contribution in [0.3, 0.4) is 0 Å². The molecule has 0 bridgehead atoms. The van der Waals surface area contributed by atoms with E-state index < -0.39 is 17.9 Å². The summed E-state index contributed by atoms with van der Waals surface area (Å²) < 4.78 is 0. The molecular formula is C18H20ClN3O3S. The number of amides is 3. The molecule has 26 heavy (non-hydrogen) atoms. The van der Waals surface area contributed by atoms with Gasteiger partial charge in [0.2, 0.25) is 0 Å². The van der Waals surface area contributed by atoms with Gasteiger partial charge in [-0.2, -0.15) is 0 Å². The summed E-state index contributed by atoms with van der Waals surface area (Å²) in [7, 11) is 0. The van der Waals surface area contributed by atoms with Crippen molar-refractivity contribution in [3.8, 4) is 0 Å². The van der Waals surface area contributed by atoms with E-state index in [4.69, 9.17) is 11.6 Å². The maximum absolute atomic E-state index is 12.4. The van der Waals surface area contributed by atoms with E-state index >= 15 is 0 Å². The summed E-state index contributed by atoms with van der Waals surface area (Å²) in [4.78, 5) is 37.2. The zero-order valence-corrected chi connectivity index (χ0v) is 16.0. The number of hydrazine groups is 1. The quantitative estimate of drug-likeness (QED) is 0.659. The summed E-state index contributed by atoms with van der Waals surface area (Å²) in [5, 5.41) is 4.99. The smallest absolute Gasteiger partial charge is 0.279 e. The zero-order chi connectivity index (χ0) is 19.1. The number of carbonyl (C=O) groups is 3. The fourth-order valence-corrected chi connectivity index (χ4v) is 2.97. The number of thiophene rings is 1. The van der Waals surface area contributed by atoms with Gasteiger partial charge in [-0.1, -0.05) is 31.5 Å². The highest BCUT2D eigenvalue weighted by atomic mass is 35.5. The number of hydrogen-bond acceptors (Lipinski definition) is 4. The normalized spacial score (nSPS) is 11.7. The molecule has 0 radical (unpaired) electrons. The molecule has 1 aromatic carbocycles. The van der Waals surface area contributed by atoms with Gasteiger partial charge in [-0.25, -0.2) is 0 Å². The van der Waals surface area contributed by atoms with Gasteiger partial charge in [0.05, 0.1) is 4.88 Å². The van der Waals surface area contributed by atoms with E-state index in [2.05, 4.69) is 16.2 Å². The second-order valence-electron chi connectivity index (χ2n) is 6.08. The molecule has 3 N–H and O–H groups in total. The molecule has 0 aliphatic rings. The summed E-state index contributed by atoms with van der Waals surface area (Å²) in [5.74, 6) is -1.09. The van der Waals surface area contributed by atoms with Crippen LogP contribution >= 0.6 is 22.9 Å². The molecule has 0 saturated heterocycles. The molecule has 8 heteroatoms. The van der Waals surface area contributed by atoms with Gasteiger partial charge in [0.1, 0.15) is 6.04 Å². The lowest BCUT2D eigenvalue weighted by molar-refractivity contribution is -0.124. The average Bonchev–Trinajstić information content (AvgIpc) is 3.13. The summed E-state index contributed by atoms with van der Waals surface area (Å²) >= 11 is 7.09. The largest absolute Gasteiger partial charge is 0.340 e. The molecule has 0 aliphatic heterocycles. The van der Waals surface area contributed by atoms with Crippen molar-refractivity contribution in [3.05, 3.63) is 57.2 Å². The maximum atomic E-state index is 12.4. The van der Waals surface area contributed by atoms with E-state index in [1.165, 1.54) is 11.3 Å². The second-order valence-corrected chi connectivity index (χ2v) is 7.47. The van der Waals surface area contributed by atoms with Crippen molar-refractivity contribution in [2.75, 3.05) is 0 Å². The van der Waals surface area contributed by atoms with Crippen LogP contribution in [0.25, 0.3) is 0 Å². The summed E-state index contributed by atoms with van der Waals surface area (Å²) in [6.45, 7) is 3.89. The Morgan fingerprint density at radius 1 is 1.04 bits per heavy atom. The number of hydrogen-bond donors (Lipinski definition) is 3. The number of rotatable bonds is 6. The number of halogens is 1. The van der Waals surface area contributed by atoms with Gasteiger partial charge in [-0.15, -0.1) is 11.3 Å². The first-order valence-corrected chi connectivity index (χ1v) is 9.32. The lowest BCUT2D eigenvalue weighted by Gasteiger charge is -2.20. The predicted molar refractivity (Wildman–Crippen MR) is 102 cm³/mol. The van der Waals surface area contributed by atoms with Crippen LogP contribution in [0.15, 0.2) is 41.8 Å². The van der Waals surface area contributed by atoms with Crippen LogP contribution in [-0.4, -0.2) is 23.8 Å². The van der Waals surface area contributed by atoms with Gasteiger partial charge in [-0.3, -0.25) is 25.2 Å². The van der Waals surface area contributed by atoms with Crippen LogP contribution in [0.2, 0.25) is 5.02 Å². The molecule has 1 heterocycles. The van der Waals surface area contributed by atoms with Gasteiger partial charge in [0.25, 0.3) is 17.7 Å². The van der Waals surface area contributed by atoms with Crippen LogP contribution in [0, 0.1) is 5.92 Å². The topological polar surface area (TPSA) is 87.3 Å². The van der Waals surface area contributed by atoms with Gasteiger partial charge < -0.3 is 5.32 Å². The van der Waals surface area contributed by atoms with Crippen LogP contribution in [0.5, 0.6) is 0 Å². The highest BCUT2D eigenvalue weighted by Crippen LogP contribution is 2.11. The Balaban J connectivity index is 1.98. The van der Waals surface area contributed by atoms with Crippen LogP contribution in [0.4, 0.5) is 0 Å². The van der Waals surface area contributed by atoms with E-state index in [-0.39, 0.29) is 11.8 Å². The summed E-state index contributed by atoms with van der Waals surface area (Å²) in [6, 6.07) is 9.00. The van der Waals surface area contributed by atoms with Crippen molar-refractivity contribution in [1.82, 2.24) is 16.2 Å². The van der Waals surface area contributed by atoms with Crippen LogP contribution < -0.4 is 16.2 Å². The van der Waals surface area contributed by atoms with E-state index in [1.807, 2.05) is 13.8 Å². The monoisotopic (exact) mass is 393 g/mol. The lowest BCUT2D eigenvalue weighted by Crippen LogP contribution is -2.52. The first kappa shape index (κ1) is 19.9. The fraction of sp³-hybridized carbons (Fsp3) is 0.278. The van der Waals surface area contributed by atoms with E-state index in [9.17, 15) is 14.4 Å². The number of nitrogens with one attached hydrogen (secondary N) is 3. The van der Waals surface area contributed by atoms with Crippen molar-refractivity contribution < 1.29 is 14.4 Å². The first-order valence-electron chi connectivity index (χ1n) is 8.07. The van der Waals surface area contributed by atoms with Gasteiger partial charge in [-0.05, 0) is 48.1 Å². The third-order valence-corrected chi connectivity index (χ3v) is 4.60. The predicted octanol–water partition coefficient (Wildman–Crippen LogP) is 3.01. The Morgan fingerprint density at radius 2 is 1.73 bits per heavy atom. The molecule has 0 spiro atoms. The van der Waals surface area contributed by atoms with Crippen molar-refractivity contribution in [2.24, 2.45) is 5.92 Å². The minimum Gasteiger partial charge on any atom is -0.340 e.